The van der Waals surface area contributed by atoms with E-state index in [0.717, 1.165) is 0 Å². The minimum absolute atomic E-state index is 0.160. The van der Waals surface area contributed by atoms with Gasteiger partial charge in [-0.05, 0) is 13.8 Å². The van der Waals surface area contributed by atoms with Crippen LogP contribution >= 0.6 is 0 Å². The number of nitrogens with one attached hydrogen (secondary N) is 1. The summed E-state index contributed by atoms with van der Waals surface area (Å²) in [5, 5.41) is 2.85. The Balaban J connectivity index is 2.56. The van der Waals surface area contributed by atoms with Gasteiger partial charge < -0.3 is 15.0 Å². The summed E-state index contributed by atoms with van der Waals surface area (Å²) in [5.74, 6) is 0.416. The third-order valence-corrected chi connectivity index (χ3v) is 2.33. The molecule has 0 saturated carbocycles. The highest BCUT2D eigenvalue weighted by molar-refractivity contribution is 5.92. The molecule has 18 heavy (non-hydrogen) atoms. The van der Waals surface area contributed by atoms with E-state index < -0.39 is 0 Å². The fourth-order valence-electron chi connectivity index (χ4n) is 1.31. The smallest absolute Gasteiger partial charge is 0.273 e. The molecule has 0 spiro atoms. The van der Waals surface area contributed by atoms with Gasteiger partial charge in [0.2, 0.25) is 0 Å². The molecule has 0 fully saturated rings. The highest BCUT2D eigenvalue weighted by Crippen LogP contribution is 2.03. The lowest BCUT2D eigenvalue weighted by Crippen LogP contribution is -2.31. The van der Waals surface area contributed by atoms with Crippen LogP contribution in [0.3, 0.4) is 0 Å². The first kappa shape index (κ1) is 14.4. The molecule has 0 aliphatic carbocycles. The first-order valence-corrected chi connectivity index (χ1v) is 5.91. The number of carbonyl (C=O) groups excluding carboxylic acids is 1. The van der Waals surface area contributed by atoms with E-state index in [1.165, 1.54) is 6.20 Å². The molecule has 6 nitrogen and oxygen atoms in total. The standard InChI is InChI=1S/C12H20N4O2/c1-9(2)18-6-5-16(4)12(17)10-7-14-8-11(13-3)15-10/h7-9H,5-6H2,1-4H3,(H,13,15). The summed E-state index contributed by atoms with van der Waals surface area (Å²) >= 11 is 0. The van der Waals surface area contributed by atoms with Crippen LogP contribution < -0.4 is 5.32 Å². The van der Waals surface area contributed by atoms with Crippen molar-refractivity contribution < 1.29 is 9.53 Å². The summed E-state index contributed by atoms with van der Waals surface area (Å²) in [7, 11) is 3.46. The van der Waals surface area contributed by atoms with Gasteiger partial charge in [0.1, 0.15) is 11.5 Å². The van der Waals surface area contributed by atoms with Crippen LogP contribution in [0.15, 0.2) is 12.4 Å². The van der Waals surface area contributed by atoms with Gasteiger partial charge in [-0.15, -0.1) is 0 Å². The first-order chi connectivity index (χ1) is 8.54. The van der Waals surface area contributed by atoms with Crippen LogP contribution in [0.4, 0.5) is 5.82 Å². The molecule has 1 amide bonds. The van der Waals surface area contributed by atoms with Crippen LogP contribution in [0.25, 0.3) is 0 Å². The van der Waals surface area contributed by atoms with Crippen molar-refractivity contribution in [2.24, 2.45) is 0 Å². The number of nitrogens with zero attached hydrogens (tertiary/aromatic N) is 3. The second-order valence-electron chi connectivity index (χ2n) is 4.19. The van der Waals surface area contributed by atoms with Gasteiger partial charge >= 0.3 is 0 Å². The van der Waals surface area contributed by atoms with Crippen molar-refractivity contribution in [3.8, 4) is 0 Å². The number of hydrogen-bond acceptors (Lipinski definition) is 5. The number of anilines is 1. The van der Waals surface area contributed by atoms with E-state index in [-0.39, 0.29) is 12.0 Å². The highest BCUT2D eigenvalue weighted by Gasteiger charge is 2.13. The molecule has 1 rings (SSSR count). The third kappa shape index (κ3) is 4.29. The fraction of sp³-hybridized carbons (Fsp3) is 0.583. The van der Waals surface area contributed by atoms with Crippen LogP contribution in [-0.2, 0) is 4.74 Å². The van der Waals surface area contributed by atoms with Gasteiger partial charge in [-0.3, -0.25) is 9.78 Å². The molecule has 0 radical (unpaired) electrons. The van der Waals surface area contributed by atoms with Gasteiger partial charge in [0, 0.05) is 20.6 Å². The van der Waals surface area contributed by atoms with Crippen LogP contribution in [0.2, 0.25) is 0 Å². The van der Waals surface area contributed by atoms with E-state index in [4.69, 9.17) is 4.74 Å². The maximum absolute atomic E-state index is 12.0. The summed E-state index contributed by atoms with van der Waals surface area (Å²) in [4.78, 5) is 21.7. The maximum Gasteiger partial charge on any atom is 0.273 e. The topological polar surface area (TPSA) is 67.4 Å². The predicted octanol–water partition coefficient (Wildman–Crippen LogP) is 1.02. The minimum atomic E-state index is -0.160. The number of ether oxygens (including phenoxy) is 1. The van der Waals surface area contributed by atoms with Crippen molar-refractivity contribution >= 4 is 11.7 Å². The molecule has 1 heterocycles. The van der Waals surface area contributed by atoms with Crippen LogP contribution in [-0.4, -0.2) is 54.1 Å². The molecule has 1 aromatic rings. The van der Waals surface area contributed by atoms with Gasteiger partial charge in [-0.1, -0.05) is 0 Å². The summed E-state index contributed by atoms with van der Waals surface area (Å²) in [6.45, 7) is 4.97. The molecule has 0 unspecified atom stereocenters. The molecular weight excluding hydrogens is 232 g/mol. The lowest BCUT2D eigenvalue weighted by atomic mass is 10.4. The van der Waals surface area contributed by atoms with Gasteiger partial charge in [0.25, 0.3) is 5.91 Å². The molecule has 1 aromatic heterocycles. The molecule has 0 aliphatic heterocycles. The van der Waals surface area contributed by atoms with Crippen molar-refractivity contribution in [3.63, 3.8) is 0 Å². The van der Waals surface area contributed by atoms with Crippen LogP contribution in [0.5, 0.6) is 0 Å². The van der Waals surface area contributed by atoms with Crippen molar-refractivity contribution in [1.82, 2.24) is 14.9 Å². The number of amides is 1. The fourth-order valence-corrected chi connectivity index (χ4v) is 1.31. The van der Waals surface area contributed by atoms with Gasteiger partial charge in [0.15, 0.2) is 0 Å². The van der Waals surface area contributed by atoms with E-state index in [1.54, 1.807) is 25.2 Å². The quantitative estimate of drug-likeness (QED) is 0.818. The predicted molar refractivity (Wildman–Crippen MR) is 69.6 cm³/mol. The zero-order valence-electron chi connectivity index (χ0n) is 11.3. The molecule has 6 heteroatoms. The Labute approximate surface area is 107 Å². The molecule has 0 saturated heterocycles. The Bertz CT molecular complexity index is 395. The highest BCUT2D eigenvalue weighted by atomic mass is 16.5. The lowest BCUT2D eigenvalue weighted by Gasteiger charge is -2.17. The average molecular weight is 252 g/mol. The zero-order chi connectivity index (χ0) is 13.5. The summed E-state index contributed by atoms with van der Waals surface area (Å²) in [6, 6.07) is 0. The average Bonchev–Trinajstić information content (AvgIpc) is 2.37. The SMILES string of the molecule is CNc1cncc(C(=O)N(C)CCOC(C)C)n1. The normalized spacial score (nSPS) is 10.5. The van der Waals surface area contributed by atoms with Crippen molar-refractivity contribution in [2.45, 2.75) is 20.0 Å². The minimum Gasteiger partial charge on any atom is -0.377 e. The molecule has 100 valence electrons. The Morgan fingerprint density at radius 2 is 2.22 bits per heavy atom. The van der Waals surface area contributed by atoms with Gasteiger partial charge in [-0.2, -0.15) is 0 Å². The Kier molecular flexibility index (Phi) is 5.51. The summed E-state index contributed by atoms with van der Waals surface area (Å²) in [6.07, 6.45) is 3.20. The van der Waals surface area contributed by atoms with Crippen molar-refractivity contribution in [1.29, 1.82) is 0 Å². The maximum atomic E-state index is 12.0. The van der Waals surface area contributed by atoms with Crippen molar-refractivity contribution in [2.75, 3.05) is 32.6 Å². The van der Waals surface area contributed by atoms with Crippen molar-refractivity contribution in [3.05, 3.63) is 18.1 Å². The second kappa shape index (κ2) is 6.90. The van der Waals surface area contributed by atoms with E-state index in [9.17, 15) is 4.79 Å². The molecule has 0 atom stereocenters. The zero-order valence-corrected chi connectivity index (χ0v) is 11.3. The molecule has 1 N–H and O–H groups in total. The molecule has 0 aliphatic rings. The Morgan fingerprint density at radius 1 is 1.50 bits per heavy atom. The third-order valence-electron chi connectivity index (χ3n) is 2.33. The van der Waals surface area contributed by atoms with Crippen LogP contribution in [0, 0.1) is 0 Å². The molecular formula is C12H20N4O2. The monoisotopic (exact) mass is 252 g/mol. The Hall–Kier alpha value is -1.69. The lowest BCUT2D eigenvalue weighted by molar-refractivity contribution is 0.0529. The van der Waals surface area contributed by atoms with E-state index in [2.05, 4.69) is 15.3 Å². The van der Waals surface area contributed by atoms with E-state index >= 15 is 0 Å². The Morgan fingerprint density at radius 3 is 2.83 bits per heavy atom. The number of hydrogen-bond donors (Lipinski definition) is 1. The first-order valence-electron chi connectivity index (χ1n) is 5.91. The summed E-state index contributed by atoms with van der Waals surface area (Å²) < 4.78 is 5.40. The molecule has 0 aromatic carbocycles. The van der Waals surface area contributed by atoms with Gasteiger partial charge in [0.05, 0.1) is 25.1 Å². The summed E-state index contributed by atoms with van der Waals surface area (Å²) in [5.41, 5.74) is 0.328. The van der Waals surface area contributed by atoms with E-state index in [1.807, 2.05) is 13.8 Å². The van der Waals surface area contributed by atoms with E-state index in [0.29, 0.717) is 24.7 Å². The number of aromatic nitrogens is 2. The number of likely N-dealkylation sites (N-methyl/N-ethyl adjacent to an activating group) is 1. The molecule has 0 bridgehead atoms. The number of rotatable bonds is 6. The second-order valence-corrected chi connectivity index (χ2v) is 4.19. The van der Waals surface area contributed by atoms with Crippen LogP contribution in [0.1, 0.15) is 24.3 Å². The van der Waals surface area contributed by atoms with Gasteiger partial charge in [-0.25, -0.2) is 4.98 Å². The number of carbonyl (C=O) groups is 1. The largest absolute Gasteiger partial charge is 0.377 e.